The molecule has 0 radical (unpaired) electrons. The van der Waals surface area contributed by atoms with Crippen molar-refractivity contribution in [3.8, 4) is 0 Å². The highest BCUT2D eigenvalue weighted by Crippen LogP contribution is 2.42. The largest absolute Gasteiger partial charge is 0.406 e. The number of fused-ring (bicyclic) bond motifs is 1. The number of rotatable bonds is 1. The van der Waals surface area contributed by atoms with Crippen molar-refractivity contribution in [2.24, 2.45) is 0 Å². The second-order valence-electron chi connectivity index (χ2n) is 4.65. The summed E-state index contributed by atoms with van der Waals surface area (Å²) in [5.41, 5.74) is 0.121. The van der Waals surface area contributed by atoms with E-state index in [4.69, 9.17) is 0 Å². The number of hydrogen-bond donors (Lipinski definition) is 0. The van der Waals surface area contributed by atoms with Crippen LogP contribution in [0.1, 0.15) is 19.4 Å². The maximum absolute atomic E-state index is 12.4. The lowest BCUT2D eigenvalue weighted by molar-refractivity contribution is -0.134. The van der Waals surface area contributed by atoms with Crippen LogP contribution in [-0.4, -0.2) is 18.6 Å². The van der Waals surface area contributed by atoms with Gasteiger partial charge in [-0.25, -0.2) is 0 Å². The van der Waals surface area contributed by atoms with E-state index < -0.39 is 24.0 Å². The molecule has 0 fully saturated rings. The van der Waals surface area contributed by atoms with Crippen LogP contribution in [0.3, 0.4) is 0 Å². The van der Waals surface area contributed by atoms with Crippen LogP contribution in [0.4, 0.5) is 18.9 Å². The van der Waals surface area contributed by atoms with Crippen molar-refractivity contribution >= 4 is 11.6 Å². The van der Waals surface area contributed by atoms with Crippen LogP contribution < -0.4 is 4.90 Å². The number of halogens is 3. The average molecular weight is 243 g/mol. The summed E-state index contributed by atoms with van der Waals surface area (Å²) in [5.74, 6) is -0.504. The topological polar surface area (TPSA) is 20.3 Å². The summed E-state index contributed by atoms with van der Waals surface area (Å²) in [6, 6.07) is 6.61. The van der Waals surface area contributed by atoms with Crippen molar-refractivity contribution in [1.82, 2.24) is 0 Å². The molecule has 0 aromatic heterocycles. The van der Waals surface area contributed by atoms with E-state index >= 15 is 0 Å². The number of amides is 1. The van der Waals surface area contributed by atoms with Crippen LogP contribution in [-0.2, 0) is 10.2 Å². The number of nitrogens with zero attached hydrogens (tertiary/aromatic N) is 1. The number of carbonyl (C=O) groups is 1. The van der Waals surface area contributed by atoms with Gasteiger partial charge in [-0.2, -0.15) is 13.2 Å². The second-order valence-corrected chi connectivity index (χ2v) is 4.65. The molecule has 1 aromatic carbocycles. The number of carbonyl (C=O) groups excluding carboxylic acids is 1. The Morgan fingerprint density at radius 2 is 1.82 bits per heavy atom. The van der Waals surface area contributed by atoms with Crippen LogP contribution in [0.2, 0.25) is 0 Å². The zero-order valence-electron chi connectivity index (χ0n) is 9.51. The van der Waals surface area contributed by atoms with Crippen molar-refractivity contribution in [3.05, 3.63) is 29.8 Å². The van der Waals surface area contributed by atoms with E-state index in [1.807, 2.05) is 0 Å². The zero-order chi connectivity index (χ0) is 12.8. The van der Waals surface area contributed by atoms with Gasteiger partial charge >= 0.3 is 6.18 Å². The summed E-state index contributed by atoms with van der Waals surface area (Å²) in [6.45, 7) is 2.06. The molecule has 1 heterocycles. The molecular formula is C12H12F3NO. The van der Waals surface area contributed by atoms with Crippen molar-refractivity contribution < 1.29 is 18.0 Å². The van der Waals surface area contributed by atoms with Crippen LogP contribution in [0.25, 0.3) is 0 Å². The van der Waals surface area contributed by atoms with Crippen LogP contribution in [0.15, 0.2) is 24.3 Å². The van der Waals surface area contributed by atoms with Gasteiger partial charge in [0.05, 0.1) is 5.41 Å². The van der Waals surface area contributed by atoms with Gasteiger partial charge in [-0.1, -0.05) is 18.2 Å². The standard InChI is InChI=1S/C12H12F3NO/c1-11(2)8-5-3-4-6-9(8)16(10(11)17)7-12(13,14)15/h3-6H,7H2,1-2H3. The molecule has 0 saturated carbocycles. The second kappa shape index (κ2) is 3.48. The van der Waals surface area contributed by atoms with Crippen LogP contribution >= 0.6 is 0 Å². The normalized spacial score (nSPS) is 18.4. The lowest BCUT2D eigenvalue weighted by atomic mass is 9.86. The molecule has 0 unspecified atom stereocenters. The molecule has 17 heavy (non-hydrogen) atoms. The van der Waals surface area contributed by atoms with Gasteiger partial charge < -0.3 is 4.90 Å². The molecule has 0 saturated heterocycles. The summed E-state index contributed by atoms with van der Waals surface area (Å²) < 4.78 is 37.3. The van der Waals surface area contributed by atoms with Gasteiger partial charge in [0.1, 0.15) is 6.54 Å². The Hall–Kier alpha value is -1.52. The number of alkyl halides is 3. The Balaban J connectivity index is 2.47. The highest BCUT2D eigenvalue weighted by atomic mass is 19.4. The molecule has 1 amide bonds. The SMILES string of the molecule is CC1(C)C(=O)N(CC(F)(F)F)c2ccccc21. The Kier molecular flexibility index (Phi) is 2.45. The van der Waals surface area contributed by atoms with E-state index in [2.05, 4.69) is 0 Å². The minimum absolute atomic E-state index is 0.361. The maximum Gasteiger partial charge on any atom is 0.406 e. The average Bonchev–Trinajstić information content (AvgIpc) is 2.39. The number of benzene rings is 1. The van der Waals surface area contributed by atoms with Gasteiger partial charge in [-0.15, -0.1) is 0 Å². The smallest absolute Gasteiger partial charge is 0.302 e. The zero-order valence-corrected chi connectivity index (χ0v) is 9.51. The quantitative estimate of drug-likeness (QED) is 0.742. The Bertz CT molecular complexity index is 465. The van der Waals surface area contributed by atoms with E-state index in [1.165, 1.54) is 0 Å². The van der Waals surface area contributed by atoms with Crippen molar-refractivity contribution in [1.29, 1.82) is 0 Å². The molecule has 0 N–H and O–H groups in total. The third-order valence-corrected chi connectivity index (χ3v) is 2.99. The van der Waals surface area contributed by atoms with E-state index in [0.717, 1.165) is 4.90 Å². The van der Waals surface area contributed by atoms with E-state index in [9.17, 15) is 18.0 Å². The first-order valence-electron chi connectivity index (χ1n) is 5.22. The summed E-state index contributed by atoms with van der Waals surface area (Å²) in [7, 11) is 0. The molecule has 1 aliphatic rings. The fourth-order valence-electron chi connectivity index (χ4n) is 2.14. The first-order valence-corrected chi connectivity index (χ1v) is 5.22. The van der Waals surface area contributed by atoms with Gasteiger partial charge in [0.2, 0.25) is 5.91 Å². The Labute approximate surface area is 97.0 Å². The summed E-state index contributed by atoms with van der Waals surface area (Å²) in [4.78, 5) is 12.8. The van der Waals surface area contributed by atoms with Crippen molar-refractivity contribution in [3.63, 3.8) is 0 Å². The predicted octanol–water partition coefficient (Wildman–Crippen LogP) is 2.87. The minimum Gasteiger partial charge on any atom is -0.302 e. The molecule has 1 aromatic rings. The highest BCUT2D eigenvalue weighted by molar-refractivity contribution is 6.07. The van der Waals surface area contributed by atoms with Gasteiger partial charge in [0, 0.05) is 5.69 Å². The highest BCUT2D eigenvalue weighted by Gasteiger charge is 2.47. The first kappa shape index (κ1) is 12.0. The fourth-order valence-corrected chi connectivity index (χ4v) is 2.14. The predicted molar refractivity (Wildman–Crippen MR) is 57.9 cm³/mol. The lowest BCUT2D eigenvalue weighted by Gasteiger charge is -2.21. The lowest BCUT2D eigenvalue weighted by Crippen LogP contribution is -2.41. The third kappa shape index (κ3) is 1.90. The molecule has 2 rings (SSSR count). The maximum atomic E-state index is 12.4. The molecule has 0 spiro atoms. The first-order chi connectivity index (χ1) is 7.73. The van der Waals surface area contributed by atoms with Gasteiger partial charge in [-0.05, 0) is 25.5 Å². The Morgan fingerprint density at radius 1 is 1.24 bits per heavy atom. The summed E-state index contributed by atoms with van der Waals surface area (Å²) in [5, 5.41) is 0. The molecule has 0 bridgehead atoms. The van der Waals surface area contributed by atoms with Crippen LogP contribution in [0.5, 0.6) is 0 Å². The molecule has 92 valence electrons. The van der Waals surface area contributed by atoms with E-state index in [-0.39, 0.29) is 0 Å². The number of hydrogen-bond acceptors (Lipinski definition) is 1. The molecule has 5 heteroatoms. The number of para-hydroxylation sites is 1. The van der Waals surface area contributed by atoms with Gasteiger partial charge in [-0.3, -0.25) is 4.79 Å². The van der Waals surface area contributed by atoms with E-state index in [0.29, 0.717) is 11.3 Å². The molecule has 0 atom stereocenters. The summed E-state index contributed by atoms with van der Waals surface area (Å²) >= 11 is 0. The summed E-state index contributed by atoms with van der Waals surface area (Å²) in [6.07, 6.45) is -4.39. The van der Waals surface area contributed by atoms with Crippen LogP contribution in [0, 0.1) is 0 Å². The monoisotopic (exact) mass is 243 g/mol. The fraction of sp³-hybridized carbons (Fsp3) is 0.417. The number of anilines is 1. The molecule has 2 nitrogen and oxygen atoms in total. The van der Waals surface area contributed by atoms with Gasteiger partial charge in [0.25, 0.3) is 0 Å². The van der Waals surface area contributed by atoms with Gasteiger partial charge in [0.15, 0.2) is 0 Å². The molecular weight excluding hydrogens is 231 g/mol. The Morgan fingerprint density at radius 3 is 2.41 bits per heavy atom. The third-order valence-electron chi connectivity index (χ3n) is 2.99. The minimum atomic E-state index is -4.39. The van der Waals surface area contributed by atoms with Crippen molar-refractivity contribution in [2.75, 3.05) is 11.4 Å². The molecule has 0 aliphatic carbocycles. The van der Waals surface area contributed by atoms with E-state index in [1.54, 1.807) is 38.1 Å². The van der Waals surface area contributed by atoms with Crippen molar-refractivity contribution in [2.45, 2.75) is 25.4 Å². The molecule has 1 aliphatic heterocycles.